The Bertz CT molecular complexity index is 1160. The van der Waals surface area contributed by atoms with E-state index in [4.69, 9.17) is 14.6 Å². The molecule has 0 spiro atoms. The fraction of sp³-hybridized carbons (Fsp3) is 0.0909. The van der Waals surface area contributed by atoms with E-state index in [-0.39, 0.29) is 23.4 Å². The average Bonchev–Trinajstić information content (AvgIpc) is 2.75. The first kappa shape index (κ1) is 23.0. The fourth-order valence-corrected chi connectivity index (χ4v) is 3.70. The third kappa shape index (κ3) is 4.64. The quantitative estimate of drug-likeness (QED) is 0.236. The van der Waals surface area contributed by atoms with Crippen LogP contribution >= 0.6 is 22.6 Å². The summed E-state index contributed by atoms with van der Waals surface area (Å²) in [5.74, 6) is -1.95. The summed E-state index contributed by atoms with van der Waals surface area (Å²) < 4.78 is 11.6. The van der Waals surface area contributed by atoms with Gasteiger partial charge in [-0.25, -0.2) is 14.5 Å². The Morgan fingerprint density at radius 2 is 1.91 bits per heavy atom. The van der Waals surface area contributed by atoms with Gasteiger partial charge in [-0.05, 0) is 70.6 Å². The lowest BCUT2D eigenvalue weighted by Crippen LogP contribution is -2.54. The van der Waals surface area contributed by atoms with Gasteiger partial charge in [-0.3, -0.25) is 14.9 Å². The number of benzene rings is 2. The summed E-state index contributed by atoms with van der Waals surface area (Å²) in [5, 5.41) is 11.1. The van der Waals surface area contributed by atoms with Crippen molar-refractivity contribution in [2.24, 2.45) is 0 Å². The minimum Gasteiger partial charge on any atom is -0.493 e. The van der Waals surface area contributed by atoms with Crippen molar-refractivity contribution < 1.29 is 33.8 Å². The maximum atomic E-state index is 13.0. The van der Waals surface area contributed by atoms with Crippen molar-refractivity contribution in [2.75, 3.05) is 18.6 Å². The number of nitrogens with one attached hydrogen (secondary N) is 1. The summed E-state index contributed by atoms with van der Waals surface area (Å²) in [7, 11) is 1.46. The van der Waals surface area contributed by atoms with E-state index in [9.17, 15) is 19.2 Å². The van der Waals surface area contributed by atoms with Crippen LogP contribution in [0.5, 0.6) is 11.5 Å². The van der Waals surface area contributed by atoms with Crippen molar-refractivity contribution in [2.45, 2.75) is 0 Å². The maximum absolute atomic E-state index is 13.0. The number of halogens is 1. The number of hydrogen-bond acceptors (Lipinski definition) is 6. The fourth-order valence-electron chi connectivity index (χ4n) is 2.92. The van der Waals surface area contributed by atoms with Crippen LogP contribution in [0.4, 0.5) is 10.5 Å². The minimum absolute atomic E-state index is 0.00843. The largest absolute Gasteiger partial charge is 0.493 e. The number of nitrogens with zero attached hydrogens (tertiary/aromatic N) is 1. The number of ether oxygens (including phenoxy) is 2. The molecule has 0 bridgehead atoms. The molecule has 4 amide bonds. The summed E-state index contributed by atoms with van der Waals surface area (Å²) in [6.07, 6.45) is 2.93. The molecule has 10 heteroatoms. The molecule has 2 N–H and O–H groups in total. The average molecular weight is 548 g/mol. The topological polar surface area (TPSA) is 122 Å². The molecule has 1 saturated heterocycles. The lowest BCUT2D eigenvalue weighted by molar-refractivity contribution is -0.122. The van der Waals surface area contributed by atoms with Crippen LogP contribution in [0.25, 0.3) is 6.08 Å². The Labute approximate surface area is 196 Å². The number of imide groups is 2. The summed E-state index contributed by atoms with van der Waals surface area (Å²) >= 11 is 2.04. The molecular weight excluding hydrogens is 531 g/mol. The van der Waals surface area contributed by atoms with Crippen molar-refractivity contribution in [3.8, 4) is 11.5 Å². The Balaban J connectivity index is 1.99. The molecule has 3 rings (SSSR count). The van der Waals surface area contributed by atoms with Gasteiger partial charge < -0.3 is 14.6 Å². The van der Waals surface area contributed by atoms with Crippen LogP contribution in [-0.2, 0) is 9.59 Å². The standard InChI is InChI=1S/C22H17IN2O7/c1-3-8-32-18-16(23)10-12(11-17(18)31-2)9-15-19(26)24-22(30)25(20(15)27)14-6-4-13(5-7-14)21(28)29/h3-7,9-11H,1,8H2,2H3,(H,28,29)(H,24,26,30)/b15-9+. The number of carbonyl (C=O) groups excluding carboxylic acids is 3. The Hall–Kier alpha value is -3.67. The first-order valence-corrected chi connectivity index (χ1v) is 10.2. The highest BCUT2D eigenvalue weighted by Crippen LogP contribution is 2.35. The number of hydrogen-bond donors (Lipinski definition) is 2. The Kier molecular flexibility index (Phi) is 6.93. The van der Waals surface area contributed by atoms with E-state index in [1.165, 1.54) is 37.5 Å². The van der Waals surface area contributed by atoms with Crippen molar-refractivity contribution in [1.82, 2.24) is 5.32 Å². The predicted octanol–water partition coefficient (Wildman–Crippen LogP) is 3.23. The van der Waals surface area contributed by atoms with Crippen LogP contribution in [0, 0.1) is 3.57 Å². The number of carbonyl (C=O) groups is 4. The molecule has 164 valence electrons. The molecule has 1 aliphatic rings. The van der Waals surface area contributed by atoms with Gasteiger partial charge in [0.2, 0.25) is 0 Å². The van der Waals surface area contributed by atoms with Crippen LogP contribution in [0.3, 0.4) is 0 Å². The summed E-state index contributed by atoms with van der Waals surface area (Å²) in [6.45, 7) is 3.87. The zero-order chi connectivity index (χ0) is 23.4. The highest BCUT2D eigenvalue weighted by Gasteiger charge is 2.37. The smallest absolute Gasteiger partial charge is 0.335 e. The second-order valence-corrected chi connectivity index (χ2v) is 7.61. The van der Waals surface area contributed by atoms with Gasteiger partial charge in [0.05, 0.1) is 21.9 Å². The van der Waals surface area contributed by atoms with Gasteiger partial charge in [0.15, 0.2) is 11.5 Å². The van der Waals surface area contributed by atoms with Crippen molar-refractivity contribution in [1.29, 1.82) is 0 Å². The molecule has 0 unspecified atom stereocenters. The Morgan fingerprint density at radius 3 is 2.50 bits per heavy atom. The molecule has 0 atom stereocenters. The van der Waals surface area contributed by atoms with E-state index in [0.29, 0.717) is 20.6 Å². The first-order valence-electron chi connectivity index (χ1n) is 9.12. The molecule has 2 aromatic rings. The summed E-state index contributed by atoms with van der Waals surface area (Å²) in [4.78, 5) is 49.5. The number of methoxy groups -OCH3 is 1. The van der Waals surface area contributed by atoms with Crippen LogP contribution in [0.15, 0.2) is 54.6 Å². The second-order valence-electron chi connectivity index (χ2n) is 6.44. The number of aromatic carboxylic acids is 1. The number of urea groups is 1. The SMILES string of the molecule is C=CCOc1c(I)cc(/C=C2\C(=O)NC(=O)N(c3ccc(C(=O)O)cc3)C2=O)cc1OC. The molecule has 1 heterocycles. The van der Waals surface area contributed by atoms with Crippen molar-refractivity contribution >= 4 is 58.2 Å². The molecular formula is C22H17IN2O7. The van der Waals surface area contributed by atoms with Crippen LogP contribution < -0.4 is 19.7 Å². The predicted molar refractivity (Wildman–Crippen MR) is 124 cm³/mol. The van der Waals surface area contributed by atoms with E-state index in [0.717, 1.165) is 4.90 Å². The van der Waals surface area contributed by atoms with Gasteiger partial charge in [0.25, 0.3) is 11.8 Å². The molecule has 0 aromatic heterocycles. The Morgan fingerprint density at radius 1 is 1.22 bits per heavy atom. The van der Waals surface area contributed by atoms with Crippen LogP contribution in [-0.4, -0.2) is 42.6 Å². The molecule has 0 radical (unpaired) electrons. The number of carboxylic acid groups (broad SMARTS) is 1. The van der Waals surface area contributed by atoms with E-state index < -0.39 is 23.8 Å². The zero-order valence-electron chi connectivity index (χ0n) is 16.8. The third-order valence-corrected chi connectivity index (χ3v) is 5.18. The molecule has 2 aromatic carbocycles. The number of barbiturate groups is 1. The molecule has 32 heavy (non-hydrogen) atoms. The molecule has 0 aliphatic carbocycles. The summed E-state index contributed by atoms with van der Waals surface area (Å²) in [6, 6.07) is 7.49. The number of amides is 4. The molecule has 1 aliphatic heterocycles. The number of anilines is 1. The third-order valence-electron chi connectivity index (χ3n) is 4.38. The zero-order valence-corrected chi connectivity index (χ0v) is 18.9. The lowest BCUT2D eigenvalue weighted by Gasteiger charge is -2.26. The molecule has 1 fully saturated rings. The van der Waals surface area contributed by atoms with Gasteiger partial charge in [0, 0.05) is 0 Å². The number of carboxylic acids is 1. The van der Waals surface area contributed by atoms with E-state index in [1.54, 1.807) is 18.2 Å². The van der Waals surface area contributed by atoms with Crippen LogP contribution in [0.2, 0.25) is 0 Å². The second kappa shape index (κ2) is 9.64. The van der Waals surface area contributed by atoms with Gasteiger partial charge in [-0.2, -0.15) is 0 Å². The number of rotatable bonds is 7. The normalized spacial score (nSPS) is 14.9. The first-order chi connectivity index (χ1) is 15.3. The van der Waals surface area contributed by atoms with E-state index >= 15 is 0 Å². The molecule has 9 nitrogen and oxygen atoms in total. The minimum atomic E-state index is -1.15. The van der Waals surface area contributed by atoms with Gasteiger partial charge >= 0.3 is 12.0 Å². The summed E-state index contributed by atoms with van der Waals surface area (Å²) in [5.41, 5.74) is 0.317. The van der Waals surface area contributed by atoms with Crippen LogP contribution in [0.1, 0.15) is 15.9 Å². The van der Waals surface area contributed by atoms with E-state index in [1.807, 2.05) is 22.6 Å². The maximum Gasteiger partial charge on any atom is 0.335 e. The van der Waals surface area contributed by atoms with Gasteiger partial charge in [-0.1, -0.05) is 12.7 Å². The van der Waals surface area contributed by atoms with E-state index in [2.05, 4.69) is 11.9 Å². The lowest BCUT2D eigenvalue weighted by atomic mass is 10.1. The van der Waals surface area contributed by atoms with Gasteiger partial charge in [-0.15, -0.1) is 0 Å². The van der Waals surface area contributed by atoms with Crippen molar-refractivity contribution in [3.05, 3.63) is 69.3 Å². The highest BCUT2D eigenvalue weighted by atomic mass is 127. The highest BCUT2D eigenvalue weighted by molar-refractivity contribution is 14.1. The molecule has 0 saturated carbocycles. The van der Waals surface area contributed by atoms with Crippen molar-refractivity contribution in [3.63, 3.8) is 0 Å². The van der Waals surface area contributed by atoms with Gasteiger partial charge in [0.1, 0.15) is 12.2 Å². The monoisotopic (exact) mass is 548 g/mol.